The molecule has 1 rings (SSSR count). The normalized spacial score (nSPS) is 10.4. The van der Waals surface area contributed by atoms with Gasteiger partial charge >= 0.3 is 5.69 Å². The molecule has 6 nitrogen and oxygen atoms in total. The highest BCUT2D eigenvalue weighted by atomic mass is 16.6. The van der Waals surface area contributed by atoms with Crippen molar-refractivity contribution < 1.29 is 4.92 Å². The third-order valence-corrected chi connectivity index (χ3v) is 2.75. The second-order valence-corrected chi connectivity index (χ2v) is 4.01. The number of nitro groups is 1. The molecule has 0 radical (unpaired) electrons. The summed E-state index contributed by atoms with van der Waals surface area (Å²) >= 11 is 0. The van der Waals surface area contributed by atoms with Gasteiger partial charge < -0.3 is 10.6 Å². The van der Waals surface area contributed by atoms with Crippen molar-refractivity contribution in [1.82, 2.24) is 4.98 Å². The van der Waals surface area contributed by atoms with Crippen LogP contribution in [0.5, 0.6) is 0 Å². The van der Waals surface area contributed by atoms with Crippen LogP contribution in [0.4, 0.5) is 17.3 Å². The number of anilines is 2. The van der Waals surface area contributed by atoms with E-state index in [1.54, 1.807) is 6.07 Å². The Hall–Kier alpha value is -1.85. The van der Waals surface area contributed by atoms with Crippen molar-refractivity contribution in [2.24, 2.45) is 0 Å². The zero-order valence-corrected chi connectivity index (χ0v) is 11.1. The molecule has 0 aromatic carbocycles. The summed E-state index contributed by atoms with van der Waals surface area (Å²) in [6.45, 7) is 6.77. The Bertz CT molecular complexity index is 405. The molecule has 100 valence electrons. The number of hydrogen-bond acceptors (Lipinski definition) is 5. The number of hydrogen-bond donors (Lipinski definition) is 2. The Morgan fingerprint density at radius 1 is 1.33 bits per heavy atom. The van der Waals surface area contributed by atoms with Crippen molar-refractivity contribution in [1.29, 1.82) is 0 Å². The van der Waals surface area contributed by atoms with Gasteiger partial charge in [0.1, 0.15) is 5.82 Å². The molecule has 1 heterocycles. The molecular formula is C12H20N4O2. The minimum atomic E-state index is -0.409. The highest BCUT2D eigenvalue weighted by Crippen LogP contribution is 2.25. The van der Waals surface area contributed by atoms with Crippen LogP contribution in [-0.4, -0.2) is 22.5 Å². The summed E-state index contributed by atoms with van der Waals surface area (Å²) in [5, 5.41) is 17.1. The molecule has 18 heavy (non-hydrogen) atoms. The molecule has 2 N–H and O–H groups in total. The zero-order valence-electron chi connectivity index (χ0n) is 11.1. The molecule has 1 aromatic heterocycles. The van der Waals surface area contributed by atoms with Crippen LogP contribution in [0.3, 0.4) is 0 Å². The lowest BCUT2D eigenvalue weighted by atomic mass is 10.2. The van der Waals surface area contributed by atoms with E-state index in [4.69, 9.17) is 0 Å². The predicted octanol–water partition coefficient (Wildman–Crippen LogP) is 3.02. The van der Waals surface area contributed by atoms with Crippen LogP contribution >= 0.6 is 0 Å². The molecule has 0 aliphatic carbocycles. The minimum absolute atomic E-state index is 0.0172. The highest BCUT2D eigenvalue weighted by molar-refractivity contribution is 5.60. The standard InChI is InChI=1S/C12H20N4O2/c1-4-9(5-2)14-12-10(16(17)18)7-8-11(15-12)13-6-3/h7-9H,4-6H2,1-3H3,(H2,13,14,15). The lowest BCUT2D eigenvalue weighted by Gasteiger charge is -2.16. The third kappa shape index (κ3) is 3.58. The van der Waals surface area contributed by atoms with Gasteiger partial charge in [-0.05, 0) is 25.8 Å². The maximum atomic E-state index is 11.0. The number of pyridine rings is 1. The summed E-state index contributed by atoms with van der Waals surface area (Å²) in [4.78, 5) is 14.8. The Morgan fingerprint density at radius 3 is 2.50 bits per heavy atom. The van der Waals surface area contributed by atoms with Crippen molar-refractivity contribution >= 4 is 17.3 Å². The van der Waals surface area contributed by atoms with E-state index in [2.05, 4.69) is 15.6 Å². The highest BCUT2D eigenvalue weighted by Gasteiger charge is 2.17. The topological polar surface area (TPSA) is 80.1 Å². The smallest absolute Gasteiger partial charge is 0.311 e. The van der Waals surface area contributed by atoms with E-state index in [1.165, 1.54) is 6.07 Å². The molecule has 6 heteroatoms. The lowest BCUT2D eigenvalue weighted by Crippen LogP contribution is -2.19. The first kappa shape index (κ1) is 14.2. The maximum Gasteiger partial charge on any atom is 0.311 e. The molecule has 0 saturated carbocycles. The van der Waals surface area contributed by atoms with Gasteiger partial charge in [-0.25, -0.2) is 4.98 Å². The first-order chi connectivity index (χ1) is 8.62. The second-order valence-electron chi connectivity index (χ2n) is 4.01. The van der Waals surface area contributed by atoms with E-state index in [0.29, 0.717) is 11.6 Å². The van der Waals surface area contributed by atoms with Gasteiger partial charge in [-0.3, -0.25) is 10.1 Å². The molecule has 0 aliphatic heterocycles. The van der Waals surface area contributed by atoms with E-state index in [-0.39, 0.29) is 11.7 Å². The van der Waals surface area contributed by atoms with Gasteiger partial charge in [0.2, 0.25) is 5.82 Å². The first-order valence-corrected chi connectivity index (χ1v) is 6.28. The average molecular weight is 252 g/mol. The molecule has 0 bridgehead atoms. The van der Waals surface area contributed by atoms with Crippen LogP contribution in [0.1, 0.15) is 33.6 Å². The number of nitrogens with zero attached hydrogens (tertiary/aromatic N) is 2. The van der Waals surface area contributed by atoms with E-state index in [1.807, 2.05) is 20.8 Å². The first-order valence-electron chi connectivity index (χ1n) is 6.28. The molecule has 0 saturated heterocycles. The number of nitrogens with one attached hydrogen (secondary N) is 2. The summed E-state index contributed by atoms with van der Waals surface area (Å²) in [6, 6.07) is 3.31. The number of rotatable bonds is 7. The SMILES string of the molecule is CCNc1ccc([N+](=O)[O-])c(NC(CC)CC)n1. The Morgan fingerprint density at radius 2 is 2.00 bits per heavy atom. The van der Waals surface area contributed by atoms with Crippen molar-refractivity contribution in [3.63, 3.8) is 0 Å². The van der Waals surface area contributed by atoms with Gasteiger partial charge in [0.05, 0.1) is 4.92 Å². The monoisotopic (exact) mass is 252 g/mol. The summed E-state index contributed by atoms with van der Waals surface area (Å²) in [6.07, 6.45) is 1.81. The Kier molecular flexibility index (Phi) is 5.35. The summed E-state index contributed by atoms with van der Waals surface area (Å²) in [5.74, 6) is 0.990. The lowest BCUT2D eigenvalue weighted by molar-refractivity contribution is -0.384. The van der Waals surface area contributed by atoms with Crippen molar-refractivity contribution in [2.45, 2.75) is 39.7 Å². The predicted molar refractivity (Wildman–Crippen MR) is 73.0 cm³/mol. The zero-order chi connectivity index (χ0) is 13.5. The fourth-order valence-electron chi connectivity index (χ4n) is 1.67. The molecule has 0 spiro atoms. The fourth-order valence-corrected chi connectivity index (χ4v) is 1.67. The average Bonchev–Trinajstić information content (AvgIpc) is 2.36. The van der Waals surface area contributed by atoms with Crippen molar-refractivity contribution in [2.75, 3.05) is 17.2 Å². The number of aromatic nitrogens is 1. The van der Waals surface area contributed by atoms with Crippen molar-refractivity contribution in [3.05, 3.63) is 22.2 Å². The van der Waals surface area contributed by atoms with Crippen LogP contribution in [0, 0.1) is 10.1 Å². The quantitative estimate of drug-likeness (QED) is 0.576. The van der Waals surface area contributed by atoms with E-state index >= 15 is 0 Å². The Labute approximate surface area is 107 Å². The van der Waals surface area contributed by atoms with Gasteiger partial charge in [-0.1, -0.05) is 13.8 Å². The largest absolute Gasteiger partial charge is 0.370 e. The molecule has 0 unspecified atom stereocenters. The van der Waals surface area contributed by atoms with Crippen LogP contribution in [0.15, 0.2) is 12.1 Å². The van der Waals surface area contributed by atoms with Crippen LogP contribution in [0.2, 0.25) is 0 Å². The van der Waals surface area contributed by atoms with Gasteiger partial charge in [0.15, 0.2) is 0 Å². The summed E-state index contributed by atoms with van der Waals surface area (Å²) in [5.41, 5.74) is 0.0172. The molecule has 1 aromatic rings. The van der Waals surface area contributed by atoms with E-state index in [0.717, 1.165) is 19.4 Å². The molecule has 0 atom stereocenters. The third-order valence-electron chi connectivity index (χ3n) is 2.75. The van der Waals surface area contributed by atoms with E-state index < -0.39 is 4.92 Å². The van der Waals surface area contributed by atoms with Crippen LogP contribution < -0.4 is 10.6 Å². The molecular weight excluding hydrogens is 232 g/mol. The molecule has 0 amide bonds. The van der Waals surface area contributed by atoms with Gasteiger partial charge in [-0.2, -0.15) is 0 Å². The van der Waals surface area contributed by atoms with Crippen LogP contribution in [0.25, 0.3) is 0 Å². The van der Waals surface area contributed by atoms with E-state index in [9.17, 15) is 10.1 Å². The minimum Gasteiger partial charge on any atom is -0.370 e. The second kappa shape index (κ2) is 6.78. The van der Waals surface area contributed by atoms with Gasteiger partial charge in [0.25, 0.3) is 0 Å². The van der Waals surface area contributed by atoms with Gasteiger partial charge in [-0.15, -0.1) is 0 Å². The summed E-state index contributed by atoms with van der Waals surface area (Å²) < 4.78 is 0. The van der Waals surface area contributed by atoms with Crippen LogP contribution in [-0.2, 0) is 0 Å². The molecule has 0 fully saturated rings. The summed E-state index contributed by atoms with van der Waals surface area (Å²) in [7, 11) is 0. The Balaban J connectivity index is 3.02. The van der Waals surface area contributed by atoms with Crippen molar-refractivity contribution in [3.8, 4) is 0 Å². The van der Waals surface area contributed by atoms with Gasteiger partial charge in [0, 0.05) is 18.7 Å². The maximum absolute atomic E-state index is 11.0. The molecule has 0 aliphatic rings. The fraction of sp³-hybridized carbons (Fsp3) is 0.583.